The summed E-state index contributed by atoms with van der Waals surface area (Å²) in [5, 5.41) is 6.44. The summed E-state index contributed by atoms with van der Waals surface area (Å²) in [6.07, 6.45) is 2.08. The van der Waals surface area contributed by atoms with Crippen LogP contribution in [0.15, 0.2) is 79.0 Å². The van der Waals surface area contributed by atoms with Gasteiger partial charge in [-0.1, -0.05) is 59.6 Å². The number of ether oxygens (including phenoxy) is 1. The molecule has 0 saturated carbocycles. The van der Waals surface area contributed by atoms with Gasteiger partial charge in [-0.05, 0) is 54.9 Å². The Morgan fingerprint density at radius 1 is 0.971 bits per heavy atom. The molecule has 34 heavy (non-hydrogen) atoms. The summed E-state index contributed by atoms with van der Waals surface area (Å²) in [5.74, 6) is 0.333. The van der Waals surface area contributed by atoms with Crippen LogP contribution in [0.4, 0.5) is 17.3 Å². The van der Waals surface area contributed by atoms with Crippen LogP contribution in [0.2, 0.25) is 10.0 Å². The standard InChI is InChI=1S/C25H21Cl2N5O2/c26-20-10-5-11-21(27)22(20)31-23(33)19-15-29-25(30-17-7-2-1-3-8-17)32-24(19)34-18-9-4-6-16(14-18)12-13-28/h1-11,14-15H,12-13,28H2,(H,31,33)(H,29,30,32). The van der Waals surface area contributed by atoms with Gasteiger partial charge in [-0.25, -0.2) is 4.98 Å². The second kappa shape index (κ2) is 11.0. The first-order chi connectivity index (χ1) is 16.5. The van der Waals surface area contributed by atoms with E-state index in [9.17, 15) is 4.79 Å². The van der Waals surface area contributed by atoms with E-state index in [0.29, 0.717) is 34.4 Å². The molecule has 172 valence electrons. The molecule has 0 unspecified atom stereocenters. The van der Waals surface area contributed by atoms with E-state index in [0.717, 1.165) is 11.3 Å². The Kier molecular flexibility index (Phi) is 7.59. The number of hydrogen-bond acceptors (Lipinski definition) is 6. The number of anilines is 3. The van der Waals surface area contributed by atoms with Crippen LogP contribution >= 0.6 is 23.2 Å². The molecule has 9 heteroatoms. The lowest BCUT2D eigenvalue weighted by atomic mass is 10.1. The topological polar surface area (TPSA) is 102 Å². The maximum Gasteiger partial charge on any atom is 0.262 e. The van der Waals surface area contributed by atoms with Crippen LogP contribution in [0.5, 0.6) is 11.6 Å². The highest BCUT2D eigenvalue weighted by molar-refractivity contribution is 6.40. The zero-order valence-electron chi connectivity index (χ0n) is 18.0. The van der Waals surface area contributed by atoms with E-state index in [2.05, 4.69) is 20.6 Å². The van der Waals surface area contributed by atoms with Crippen LogP contribution in [0.25, 0.3) is 0 Å². The molecule has 0 aliphatic heterocycles. The third-order valence-electron chi connectivity index (χ3n) is 4.78. The maximum atomic E-state index is 13.1. The van der Waals surface area contributed by atoms with Crippen LogP contribution in [0, 0.1) is 0 Å². The predicted molar refractivity (Wildman–Crippen MR) is 135 cm³/mol. The van der Waals surface area contributed by atoms with E-state index < -0.39 is 5.91 Å². The second-order valence-electron chi connectivity index (χ2n) is 7.24. The Hall–Kier alpha value is -3.65. The van der Waals surface area contributed by atoms with E-state index >= 15 is 0 Å². The Morgan fingerprint density at radius 2 is 1.71 bits per heavy atom. The van der Waals surface area contributed by atoms with Crippen LogP contribution in [-0.2, 0) is 6.42 Å². The Balaban J connectivity index is 1.68. The minimum absolute atomic E-state index is 0.0685. The van der Waals surface area contributed by atoms with Crippen molar-refractivity contribution in [1.82, 2.24) is 9.97 Å². The predicted octanol–water partition coefficient (Wildman–Crippen LogP) is 6.07. The van der Waals surface area contributed by atoms with Crippen LogP contribution < -0.4 is 21.1 Å². The van der Waals surface area contributed by atoms with Gasteiger partial charge in [0.1, 0.15) is 11.3 Å². The average Bonchev–Trinajstić information content (AvgIpc) is 2.83. The van der Waals surface area contributed by atoms with Crippen LogP contribution in [0.3, 0.4) is 0 Å². The fourth-order valence-electron chi connectivity index (χ4n) is 3.15. The van der Waals surface area contributed by atoms with Crippen molar-refractivity contribution in [2.24, 2.45) is 5.73 Å². The van der Waals surface area contributed by atoms with Gasteiger partial charge < -0.3 is 21.1 Å². The Labute approximate surface area is 206 Å². The van der Waals surface area contributed by atoms with Crippen molar-refractivity contribution in [1.29, 1.82) is 0 Å². The molecule has 0 aliphatic rings. The van der Waals surface area contributed by atoms with E-state index in [1.54, 1.807) is 24.3 Å². The summed E-state index contributed by atoms with van der Waals surface area (Å²) in [7, 11) is 0. The number of amides is 1. The molecular weight excluding hydrogens is 473 g/mol. The quantitative estimate of drug-likeness (QED) is 0.275. The monoisotopic (exact) mass is 493 g/mol. The first-order valence-corrected chi connectivity index (χ1v) is 11.2. The van der Waals surface area contributed by atoms with E-state index in [1.165, 1.54) is 6.20 Å². The van der Waals surface area contributed by atoms with Crippen molar-refractivity contribution in [2.45, 2.75) is 6.42 Å². The molecule has 4 N–H and O–H groups in total. The first-order valence-electron chi connectivity index (χ1n) is 10.4. The fraction of sp³-hybridized carbons (Fsp3) is 0.0800. The highest BCUT2D eigenvalue weighted by Gasteiger charge is 2.19. The summed E-state index contributed by atoms with van der Waals surface area (Å²) in [6, 6.07) is 21.8. The van der Waals surface area contributed by atoms with Gasteiger partial charge in [-0.15, -0.1) is 0 Å². The molecule has 0 fully saturated rings. The molecule has 1 heterocycles. The summed E-state index contributed by atoms with van der Waals surface area (Å²) in [4.78, 5) is 21.9. The third kappa shape index (κ3) is 5.82. The second-order valence-corrected chi connectivity index (χ2v) is 8.06. The third-order valence-corrected chi connectivity index (χ3v) is 5.41. The largest absolute Gasteiger partial charge is 0.438 e. The number of nitrogens with two attached hydrogens (primary N) is 1. The lowest BCUT2D eigenvalue weighted by Gasteiger charge is -2.14. The smallest absolute Gasteiger partial charge is 0.262 e. The lowest BCUT2D eigenvalue weighted by Crippen LogP contribution is -2.15. The molecule has 1 amide bonds. The first kappa shape index (κ1) is 23.5. The number of aromatic nitrogens is 2. The number of nitrogens with one attached hydrogen (secondary N) is 2. The van der Waals surface area contributed by atoms with Crippen LogP contribution in [0.1, 0.15) is 15.9 Å². The Bertz CT molecular complexity index is 1280. The number of halogens is 2. The van der Waals surface area contributed by atoms with Crippen molar-refractivity contribution < 1.29 is 9.53 Å². The van der Waals surface area contributed by atoms with Gasteiger partial charge in [-0.3, -0.25) is 4.79 Å². The summed E-state index contributed by atoms with van der Waals surface area (Å²) in [5.41, 5.74) is 7.87. The van der Waals surface area contributed by atoms with Crippen molar-refractivity contribution in [3.8, 4) is 11.6 Å². The highest BCUT2D eigenvalue weighted by Crippen LogP contribution is 2.32. The molecule has 0 aliphatic carbocycles. The molecule has 4 aromatic rings. The lowest BCUT2D eigenvalue weighted by molar-refractivity contribution is 0.102. The summed E-state index contributed by atoms with van der Waals surface area (Å²) < 4.78 is 6.04. The maximum absolute atomic E-state index is 13.1. The van der Waals surface area contributed by atoms with Gasteiger partial charge in [0.05, 0.1) is 15.7 Å². The molecule has 0 atom stereocenters. The molecule has 7 nitrogen and oxygen atoms in total. The van der Waals surface area contributed by atoms with Gasteiger partial charge in [-0.2, -0.15) is 4.98 Å². The van der Waals surface area contributed by atoms with E-state index in [-0.39, 0.29) is 17.4 Å². The van der Waals surface area contributed by atoms with Crippen molar-refractivity contribution in [2.75, 3.05) is 17.2 Å². The number of carbonyl (C=O) groups is 1. The van der Waals surface area contributed by atoms with Crippen molar-refractivity contribution in [3.05, 3.63) is 100 Å². The minimum atomic E-state index is -0.519. The molecular formula is C25H21Cl2N5O2. The number of para-hydroxylation sites is 2. The van der Waals surface area contributed by atoms with Gasteiger partial charge in [0.25, 0.3) is 5.91 Å². The molecule has 0 spiro atoms. The molecule has 0 radical (unpaired) electrons. The number of benzene rings is 3. The fourth-order valence-corrected chi connectivity index (χ4v) is 3.64. The highest BCUT2D eigenvalue weighted by atomic mass is 35.5. The zero-order valence-corrected chi connectivity index (χ0v) is 19.5. The molecule has 4 rings (SSSR count). The normalized spacial score (nSPS) is 10.6. The van der Waals surface area contributed by atoms with E-state index in [1.807, 2.05) is 48.5 Å². The molecule has 0 saturated heterocycles. The number of rotatable bonds is 8. The SMILES string of the molecule is NCCc1cccc(Oc2nc(Nc3ccccc3)ncc2C(=O)Nc2c(Cl)cccc2Cl)c1. The van der Waals surface area contributed by atoms with Crippen molar-refractivity contribution >= 4 is 46.4 Å². The number of hydrogen-bond donors (Lipinski definition) is 3. The molecule has 1 aromatic heterocycles. The Morgan fingerprint density at radius 3 is 2.44 bits per heavy atom. The zero-order chi connectivity index (χ0) is 23.9. The average molecular weight is 494 g/mol. The van der Waals surface area contributed by atoms with Gasteiger partial charge in [0.15, 0.2) is 0 Å². The van der Waals surface area contributed by atoms with Crippen molar-refractivity contribution in [3.63, 3.8) is 0 Å². The van der Waals surface area contributed by atoms with E-state index in [4.69, 9.17) is 33.7 Å². The molecule has 0 bridgehead atoms. The summed E-state index contributed by atoms with van der Waals surface area (Å²) >= 11 is 12.4. The van der Waals surface area contributed by atoms with Gasteiger partial charge in [0, 0.05) is 11.9 Å². The van der Waals surface area contributed by atoms with Crippen LogP contribution in [-0.4, -0.2) is 22.4 Å². The molecule has 3 aromatic carbocycles. The number of carbonyl (C=O) groups excluding carboxylic acids is 1. The van der Waals surface area contributed by atoms with Gasteiger partial charge >= 0.3 is 0 Å². The van der Waals surface area contributed by atoms with Gasteiger partial charge in [0.2, 0.25) is 11.8 Å². The number of nitrogens with zero attached hydrogens (tertiary/aromatic N) is 2. The summed E-state index contributed by atoms with van der Waals surface area (Å²) in [6.45, 7) is 0.508. The minimum Gasteiger partial charge on any atom is -0.438 e.